The van der Waals surface area contributed by atoms with E-state index < -0.39 is 11.5 Å². The van der Waals surface area contributed by atoms with Gasteiger partial charge in [-0.3, -0.25) is 4.79 Å². The van der Waals surface area contributed by atoms with Gasteiger partial charge in [-0.1, -0.05) is 0 Å². The molecule has 2 atom stereocenters. The van der Waals surface area contributed by atoms with E-state index in [1.54, 1.807) is 0 Å². The summed E-state index contributed by atoms with van der Waals surface area (Å²) in [6, 6.07) is 0. The van der Waals surface area contributed by atoms with Crippen molar-refractivity contribution in [2.75, 3.05) is 26.3 Å². The van der Waals surface area contributed by atoms with Gasteiger partial charge in [0.25, 0.3) is 0 Å². The van der Waals surface area contributed by atoms with Crippen LogP contribution in [0.25, 0.3) is 0 Å². The molecule has 3 N–H and O–H groups in total. The van der Waals surface area contributed by atoms with Crippen molar-refractivity contribution in [2.45, 2.75) is 31.2 Å². The van der Waals surface area contributed by atoms with Crippen molar-refractivity contribution in [3.05, 3.63) is 0 Å². The molecule has 2 heterocycles. The molecular formula is C12H20N2O4. The molecule has 0 aromatic heterocycles. The first-order valence-corrected chi connectivity index (χ1v) is 6.45. The summed E-state index contributed by atoms with van der Waals surface area (Å²) < 4.78 is 5.10. The Morgan fingerprint density at radius 1 is 1.50 bits per heavy atom. The fourth-order valence-corrected chi connectivity index (χ4v) is 2.51. The van der Waals surface area contributed by atoms with Gasteiger partial charge in [-0.25, -0.2) is 4.79 Å². The van der Waals surface area contributed by atoms with Crippen LogP contribution in [-0.4, -0.2) is 48.8 Å². The van der Waals surface area contributed by atoms with E-state index in [-0.39, 0.29) is 12.5 Å². The zero-order chi connectivity index (χ0) is 13.0. The van der Waals surface area contributed by atoms with Crippen LogP contribution in [0.15, 0.2) is 0 Å². The molecule has 102 valence electrons. The number of carbonyl (C=O) groups is 2. The topological polar surface area (TPSA) is 87.7 Å². The minimum atomic E-state index is -1.20. The highest BCUT2D eigenvalue weighted by molar-refractivity contribution is 5.87. The Hall–Kier alpha value is -1.14. The summed E-state index contributed by atoms with van der Waals surface area (Å²) in [6.07, 6.45) is 2.65. The Morgan fingerprint density at radius 3 is 2.89 bits per heavy atom. The molecule has 0 bridgehead atoms. The number of amides is 1. The second kappa shape index (κ2) is 5.67. The fraction of sp³-hybridized carbons (Fsp3) is 0.833. The summed E-state index contributed by atoms with van der Waals surface area (Å²) in [4.78, 5) is 23.0. The largest absolute Gasteiger partial charge is 0.479 e. The normalized spacial score (nSPS) is 31.4. The maximum Gasteiger partial charge on any atom is 0.331 e. The van der Waals surface area contributed by atoms with Gasteiger partial charge >= 0.3 is 5.97 Å². The van der Waals surface area contributed by atoms with Crippen LogP contribution in [0.5, 0.6) is 0 Å². The van der Waals surface area contributed by atoms with Crippen molar-refractivity contribution in [3.63, 3.8) is 0 Å². The van der Waals surface area contributed by atoms with Crippen molar-refractivity contribution in [3.8, 4) is 0 Å². The van der Waals surface area contributed by atoms with E-state index in [1.165, 1.54) is 0 Å². The Bertz CT molecular complexity index is 320. The first kappa shape index (κ1) is 13.3. The van der Waals surface area contributed by atoms with Crippen LogP contribution < -0.4 is 10.6 Å². The third-order valence-corrected chi connectivity index (χ3v) is 3.75. The maximum absolute atomic E-state index is 11.8. The Labute approximate surface area is 106 Å². The minimum Gasteiger partial charge on any atom is -0.479 e. The van der Waals surface area contributed by atoms with E-state index >= 15 is 0 Å². The number of nitrogens with one attached hydrogen (secondary N) is 2. The Morgan fingerprint density at radius 2 is 2.33 bits per heavy atom. The summed E-state index contributed by atoms with van der Waals surface area (Å²) in [5, 5.41) is 15.1. The minimum absolute atomic E-state index is 0.0685. The lowest BCUT2D eigenvalue weighted by Gasteiger charge is -2.23. The summed E-state index contributed by atoms with van der Waals surface area (Å²) in [5.74, 6) is -0.651. The summed E-state index contributed by atoms with van der Waals surface area (Å²) >= 11 is 0. The predicted molar refractivity (Wildman–Crippen MR) is 64.2 cm³/mol. The molecule has 2 rings (SSSR count). The number of hydrogen-bond donors (Lipinski definition) is 3. The van der Waals surface area contributed by atoms with E-state index in [9.17, 15) is 14.7 Å². The molecule has 2 unspecified atom stereocenters. The van der Waals surface area contributed by atoms with Gasteiger partial charge < -0.3 is 20.5 Å². The first-order chi connectivity index (χ1) is 8.62. The maximum atomic E-state index is 11.8. The Balaban J connectivity index is 1.80. The van der Waals surface area contributed by atoms with Gasteiger partial charge in [0.15, 0.2) is 5.54 Å². The van der Waals surface area contributed by atoms with Crippen molar-refractivity contribution in [1.82, 2.24) is 10.6 Å². The van der Waals surface area contributed by atoms with Crippen molar-refractivity contribution >= 4 is 11.9 Å². The smallest absolute Gasteiger partial charge is 0.331 e. The molecule has 0 radical (unpaired) electrons. The Kier molecular flexibility index (Phi) is 4.19. The summed E-state index contributed by atoms with van der Waals surface area (Å²) in [6.45, 7) is 2.43. The molecule has 0 aromatic rings. The standard InChI is InChI=1S/C12H20N2O4/c15-10(2-1-9-3-5-13-7-9)14-12(11(16)17)4-6-18-8-12/h9,13H,1-8H2,(H,14,15)(H,16,17). The van der Waals surface area contributed by atoms with Crippen LogP contribution in [0.1, 0.15) is 25.7 Å². The quantitative estimate of drug-likeness (QED) is 0.630. The van der Waals surface area contributed by atoms with Crippen molar-refractivity contribution in [1.29, 1.82) is 0 Å². The number of carboxylic acids is 1. The number of carboxylic acid groups (broad SMARTS) is 1. The van der Waals surface area contributed by atoms with Gasteiger partial charge in [0, 0.05) is 19.4 Å². The molecule has 18 heavy (non-hydrogen) atoms. The molecular weight excluding hydrogens is 236 g/mol. The molecule has 6 heteroatoms. The highest BCUT2D eigenvalue weighted by Crippen LogP contribution is 2.20. The SMILES string of the molecule is O=C(CCC1CCNC1)NC1(C(=O)O)CCOC1. The van der Waals surface area contributed by atoms with Gasteiger partial charge in [0.1, 0.15) is 0 Å². The van der Waals surface area contributed by atoms with Crippen LogP contribution in [0.4, 0.5) is 0 Å². The molecule has 2 saturated heterocycles. The van der Waals surface area contributed by atoms with E-state index in [0.29, 0.717) is 25.4 Å². The van der Waals surface area contributed by atoms with Crippen molar-refractivity contribution in [2.24, 2.45) is 5.92 Å². The molecule has 0 aliphatic carbocycles. The number of carbonyl (C=O) groups excluding carboxylic acids is 1. The van der Waals surface area contributed by atoms with Crippen LogP contribution in [0, 0.1) is 5.92 Å². The van der Waals surface area contributed by atoms with Crippen LogP contribution in [-0.2, 0) is 14.3 Å². The highest BCUT2D eigenvalue weighted by Gasteiger charge is 2.43. The predicted octanol–water partition coefficient (Wildman–Crippen LogP) is -0.264. The van der Waals surface area contributed by atoms with E-state index in [1.807, 2.05) is 0 Å². The van der Waals surface area contributed by atoms with E-state index in [2.05, 4.69) is 10.6 Å². The van der Waals surface area contributed by atoms with Crippen LogP contribution >= 0.6 is 0 Å². The third kappa shape index (κ3) is 3.00. The van der Waals surface area contributed by atoms with Crippen LogP contribution in [0.2, 0.25) is 0 Å². The molecule has 1 amide bonds. The van der Waals surface area contributed by atoms with Gasteiger partial charge in [-0.15, -0.1) is 0 Å². The molecule has 6 nitrogen and oxygen atoms in total. The van der Waals surface area contributed by atoms with Gasteiger partial charge in [0.2, 0.25) is 5.91 Å². The molecule has 2 aliphatic heterocycles. The van der Waals surface area contributed by atoms with Crippen LogP contribution in [0.3, 0.4) is 0 Å². The van der Waals surface area contributed by atoms with E-state index in [4.69, 9.17) is 4.74 Å². The molecule has 2 fully saturated rings. The molecule has 0 saturated carbocycles. The van der Waals surface area contributed by atoms with Gasteiger partial charge in [-0.05, 0) is 31.8 Å². The lowest BCUT2D eigenvalue weighted by Crippen LogP contribution is -2.55. The van der Waals surface area contributed by atoms with E-state index in [0.717, 1.165) is 25.9 Å². The molecule has 0 spiro atoms. The first-order valence-electron chi connectivity index (χ1n) is 6.45. The lowest BCUT2D eigenvalue weighted by atomic mass is 9.97. The summed E-state index contributed by atoms with van der Waals surface area (Å²) in [5.41, 5.74) is -1.20. The van der Waals surface area contributed by atoms with Gasteiger partial charge in [-0.2, -0.15) is 0 Å². The lowest BCUT2D eigenvalue weighted by molar-refractivity contribution is -0.147. The monoisotopic (exact) mass is 256 g/mol. The fourth-order valence-electron chi connectivity index (χ4n) is 2.51. The number of rotatable bonds is 5. The third-order valence-electron chi connectivity index (χ3n) is 3.75. The molecule has 2 aliphatic rings. The van der Waals surface area contributed by atoms with Gasteiger partial charge in [0.05, 0.1) is 6.61 Å². The molecule has 0 aromatic carbocycles. The second-order valence-electron chi connectivity index (χ2n) is 5.14. The highest BCUT2D eigenvalue weighted by atomic mass is 16.5. The second-order valence-corrected chi connectivity index (χ2v) is 5.14. The zero-order valence-electron chi connectivity index (χ0n) is 10.4. The zero-order valence-corrected chi connectivity index (χ0v) is 10.4. The summed E-state index contributed by atoms with van der Waals surface area (Å²) in [7, 11) is 0. The average molecular weight is 256 g/mol. The average Bonchev–Trinajstić information content (AvgIpc) is 2.97. The number of hydrogen-bond acceptors (Lipinski definition) is 4. The number of aliphatic carboxylic acids is 1. The van der Waals surface area contributed by atoms with Crippen molar-refractivity contribution < 1.29 is 19.4 Å². The number of ether oxygens (including phenoxy) is 1.